The molecule has 0 bridgehead atoms. The van der Waals surface area contributed by atoms with E-state index in [9.17, 15) is 35.0 Å². The predicted octanol–water partition coefficient (Wildman–Crippen LogP) is -5.97. The van der Waals surface area contributed by atoms with Crippen molar-refractivity contribution in [1.82, 2.24) is 10.6 Å². The second kappa shape index (κ2) is 17.6. The number of nitrogens with zero attached hydrogens (tertiary/aromatic N) is 6. The van der Waals surface area contributed by atoms with Crippen LogP contribution in [0.5, 0.6) is 0 Å². The zero-order valence-electron chi connectivity index (χ0n) is 20.5. The van der Waals surface area contributed by atoms with Crippen LogP contribution in [0.15, 0.2) is 9.98 Å². The summed E-state index contributed by atoms with van der Waals surface area (Å²) in [5.74, 6) is -6.05. The number of amides is 2. The SMILES string of the molecule is [N-]=[N+]=C(C(=O)C(=[N+]=[N-])C(=O)[C@H](CCCN=C(N)N)NC(=O)CN)C(=O)[C@H](CCCN=C(N)N)NC(=O)CN. The van der Waals surface area contributed by atoms with Gasteiger partial charge in [0.25, 0.3) is 11.6 Å². The van der Waals surface area contributed by atoms with E-state index >= 15 is 0 Å². The molecule has 0 aromatic carbocycles. The lowest BCUT2D eigenvalue weighted by Crippen LogP contribution is -2.52. The molecule has 0 rings (SSSR count). The molecule has 2 amide bonds. The minimum absolute atomic E-state index is 0.0500. The average molecular weight is 537 g/mol. The molecule has 0 saturated carbocycles. The smallest absolute Gasteiger partial charge is 0.370 e. The van der Waals surface area contributed by atoms with E-state index < -0.39 is 65.8 Å². The van der Waals surface area contributed by atoms with Crippen molar-refractivity contribution in [2.45, 2.75) is 37.8 Å². The highest BCUT2D eigenvalue weighted by Gasteiger charge is 2.47. The molecular formula is C19H32N14O5. The monoisotopic (exact) mass is 536 g/mol. The minimum Gasteiger partial charge on any atom is -0.370 e. The first kappa shape index (κ1) is 33.2. The highest BCUT2D eigenvalue weighted by Crippen LogP contribution is 2.05. The summed E-state index contributed by atoms with van der Waals surface area (Å²) in [5, 5.41) is 4.50. The molecule has 38 heavy (non-hydrogen) atoms. The van der Waals surface area contributed by atoms with Gasteiger partial charge >= 0.3 is 17.2 Å². The standard InChI is InChI=1S/C19H32N14O5/c20-7-11(34)30-9(3-1-5-28-18(22)23)15(36)13(32-26)17(38)14(33-27)16(37)10(31-12(35)8-21)4-2-6-29-19(24)25/h9-10H,1-8,20-21H2,(H,30,34)(H,31,35)(H4,22,23,28)(H4,24,25,29)/t9-,10-/m0/s1. The molecule has 2 atom stereocenters. The first-order valence-electron chi connectivity index (χ1n) is 11.1. The van der Waals surface area contributed by atoms with Crippen LogP contribution in [0, 0.1) is 0 Å². The van der Waals surface area contributed by atoms with Gasteiger partial charge in [0, 0.05) is 13.1 Å². The molecule has 0 saturated heterocycles. The van der Waals surface area contributed by atoms with E-state index in [2.05, 4.69) is 30.2 Å². The van der Waals surface area contributed by atoms with Crippen molar-refractivity contribution < 1.29 is 33.6 Å². The fourth-order valence-corrected chi connectivity index (χ4v) is 2.91. The van der Waals surface area contributed by atoms with Crippen LogP contribution < -0.4 is 45.0 Å². The zero-order valence-corrected chi connectivity index (χ0v) is 20.5. The van der Waals surface area contributed by atoms with Crippen molar-refractivity contribution in [3.63, 3.8) is 0 Å². The Hall–Kier alpha value is -4.83. The highest BCUT2D eigenvalue weighted by molar-refractivity contribution is 6.87. The Bertz CT molecular complexity index is 982. The maximum Gasteiger partial charge on any atom is 0.415 e. The number of rotatable bonds is 18. The summed E-state index contributed by atoms with van der Waals surface area (Å²) >= 11 is 0. The van der Waals surface area contributed by atoms with E-state index in [0.29, 0.717) is 0 Å². The van der Waals surface area contributed by atoms with E-state index in [1.165, 1.54) is 0 Å². The lowest BCUT2D eigenvalue weighted by atomic mass is 9.94. The van der Waals surface area contributed by atoms with Gasteiger partial charge in [-0.2, -0.15) is 9.58 Å². The second-order valence-electron chi connectivity index (χ2n) is 7.50. The van der Waals surface area contributed by atoms with Crippen LogP contribution >= 0.6 is 0 Å². The van der Waals surface area contributed by atoms with Gasteiger partial charge in [0.05, 0.1) is 13.1 Å². The van der Waals surface area contributed by atoms with Crippen LogP contribution in [0.3, 0.4) is 0 Å². The molecule has 14 N–H and O–H groups in total. The van der Waals surface area contributed by atoms with Crippen LogP contribution in [0.4, 0.5) is 0 Å². The lowest BCUT2D eigenvalue weighted by molar-refractivity contribution is -0.130. The molecular weight excluding hydrogens is 504 g/mol. The Kier molecular flexibility index (Phi) is 15.3. The Balaban J connectivity index is 5.97. The van der Waals surface area contributed by atoms with Crippen molar-refractivity contribution >= 4 is 52.5 Å². The number of hydrogen-bond acceptors (Lipinski definition) is 9. The number of aliphatic imine (C=N–C) groups is 2. The fraction of sp³-hybridized carbons (Fsp3) is 0.526. The second-order valence-corrected chi connectivity index (χ2v) is 7.50. The van der Waals surface area contributed by atoms with E-state index in [-0.39, 0.29) is 50.7 Å². The maximum atomic E-state index is 13.0. The number of ketones is 3. The quantitative estimate of drug-likeness (QED) is 0.0203. The van der Waals surface area contributed by atoms with E-state index in [1.54, 1.807) is 0 Å². The van der Waals surface area contributed by atoms with Gasteiger partial charge in [-0.15, -0.1) is 0 Å². The van der Waals surface area contributed by atoms with Crippen LogP contribution in [-0.2, 0) is 24.0 Å². The largest absolute Gasteiger partial charge is 0.415 e. The average Bonchev–Trinajstić information content (AvgIpc) is 2.87. The Morgan fingerprint density at radius 1 is 0.684 bits per heavy atom. The molecule has 0 aliphatic rings. The summed E-state index contributed by atoms with van der Waals surface area (Å²) in [5.41, 5.74) is 47.8. The van der Waals surface area contributed by atoms with Gasteiger partial charge in [-0.1, -0.05) is 0 Å². The Morgan fingerprint density at radius 3 is 1.29 bits per heavy atom. The summed E-state index contributed by atoms with van der Waals surface area (Å²) in [7, 11) is 0. The molecule has 0 aliphatic heterocycles. The molecule has 0 heterocycles. The topological polar surface area (TPSA) is 363 Å². The Labute approximate surface area is 216 Å². The van der Waals surface area contributed by atoms with Crippen molar-refractivity contribution in [1.29, 1.82) is 0 Å². The number of carbonyl (C=O) groups is 5. The number of hydrogen-bond donors (Lipinski definition) is 8. The summed E-state index contributed by atoms with van der Waals surface area (Å²) in [6.45, 7) is -0.925. The van der Waals surface area contributed by atoms with Crippen molar-refractivity contribution in [3.8, 4) is 0 Å². The number of carbonyl (C=O) groups excluding carboxylic acids is 5. The molecule has 0 fully saturated rings. The van der Waals surface area contributed by atoms with Gasteiger partial charge in [0.2, 0.25) is 11.8 Å². The molecule has 208 valence electrons. The number of Topliss-reactive ketones (excluding diaryl/α,β-unsaturated/α-hetero) is 3. The number of nitrogens with two attached hydrogens (primary N) is 6. The van der Waals surface area contributed by atoms with Gasteiger partial charge in [-0.25, -0.2) is 0 Å². The number of nitrogens with one attached hydrogen (secondary N) is 2. The minimum atomic E-state index is -1.59. The van der Waals surface area contributed by atoms with Crippen LogP contribution in [0.25, 0.3) is 11.1 Å². The summed E-state index contributed by atoms with van der Waals surface area (Å²) in [6, 6.07) is -2.89. The molecule has 0 unspecified atom stereocenters. The van der Waals surface area contributed by atoms with Gasteiger partial charge in [0.15, 0.2) is 11.9 Å². The zero-order chi connectivity index (χ0) is 29.3. The van der Waals surface area contributed by atoms with Crippen LogP contribution in [0.2, 0.25) is 0 Å². The number of guanidine groups is 2. The third kappa shape index (κ3) is 11.7. The van der Waals surface area contributed by atoms with Gasteiger partial charge in [-0.3, -0.25) is 34.0 Å². The maximum absolute atomic E-state index is 13.0. The normalized spacial score (nSPS) is 11.4. The van der Waals surface area contributed by atoms with Gasteiger partial charge < -0.3 is 56.1 Å². The summed E-state index contributed by atoms with van der Waals surface area (Å²) in [4.78, 5) is 75.3. The highest BCUT2D eigenvalue weighted by atomic mass is 16.2. The molecule has 19 heteroatoms. The fourth-order valence-electron chi connectivity index (χ4n) is 2.91. The van der Waals surface area contributed by atoms with E-state index in [4.69, 9.17) is 34.4 Å². The van der Waals surface area contributed by atoms with Crippen molar-refractivity contribution in [2.75, 3.05) is 26.2 Å². The van der Waals surface area contributed by atoms with Crippen LogP contribution in [0.1, 0.15) is 25.7 Å². The third-order valence-corrected chi connectivity index (χ3v) is 4.66. The molecule has 0 spiro atoms. The first-order chi connectivity index (χ1) is 17.9. The van der Waals surface area contributed by atoms with Crippen LogP contribution in [-0.4, -0.2) is 100 Å². The molecule has 0 aliphatic carbocycles. The molecule has 19 nitrogen and oxygen atoms in total. The predicted molar refractivity (Wildman–Crippen MR) is 134 cm³/mol. The van der Waals surface area contributed by atoms with Gasteiger partial charge in [-0.05, 0) is 25.7 Å². The van der Waals surface area contributed by atoms with Gasteiger partial charge in [0.1, 0.15) is 12.1 Å². The molecule has 0 radical (unpaired) electrons. The van der Waals surface area contributed by atoms with E-state index in [1.807, 2.05) is 0 Å². The lowest BCUT2D eigenvalue weighted by Gasteiger charge is -2.15. The molecule has 0 aromatic rings. The van der Waals surface area contributed by atoms with Crippen molar-refractivity contribution in [2.24, 2.45) is 44.4 Å². The van der Waals surface area contributed by atoms with E-state index in [0.717, 1.165) is 0 Å². The summed E-state index contributed by atoms with van der Waals surface area (Å²) in [6.07, 6.45) is 0.00417. The third-order valence-electron chi connectivity index (χ3n) is 4.66. The first-order valence-corrected chi connectivity index (χ1v) is 11.1. The summed E-state index contributed by atoms with van der Waals surface area (Å²) < 4.78 is 0. The van der Waals surface area contributed by atoms with Crippen molar-refractivity contribution in [3.05, 3.63) is 11.1 Å². The molecule has 0 aromatic heterocycles. The Morgan fingerprint density at radius 2 is 1.03 bits per heavy atom.